The number of hydrogen-bond acceptors (Lipinski definition) is 5. The molecule has 35 heavy (non-hydrogen) atoms. The van der Waals surface area contributed by atoms with Gasteiger partial charge in [-0.2, -0.15) is 0 Å². The minimum absolute atomic E-state index is 0.0882. The minimum atomic E-state index is -0.810. The van der Waals surface area contributed by atoms with Crippen molar-refractivity contribution in [2.45, 2.75) is 25.9 Å². The standard InChI is InChI=1S/C26H26ClN3O5/c1-3-35-21-10-7-18(15-20(21)27)24(31)22-23(17-5-8-19(34-2)9-6-17)30(26(33)25(22)32)13-4-12-29-14-11-28-16-29/h5-11,14-16,23H,3-4,12-13H2,1-2H3,(H,31,32). The number of carbonyl (C=O) groups is 2. The van der Waals surface area contributed by atoms with Gasteiger partial charge in [0.2, 0.25) is 12.1 Å². The van der Waals surface area contributed by atoms with E-state index in [0.717, 1.165) is 0 Å². The molecule has 182 valence electrons. The zero-order valence-corrected chi connectivity index (χ0v) is 20.2. The first kappa shape index (κ1) is 24.3. The van der Waals surface area contributed by atoms with Crippen molar-refractivity contribution in [2.24, 2.45) is 0 Å². The molecule has 1 unspecified atom stereocenters. The summed E-state index contributed by atoms with van der Waals surface area (Å²) in [7, 11) is 1.55. The second kappa shape index (κ2) is 10.7. The Bertz CT molecular complexity index is 1240. The first-order valence-corrected chi connectivity index (χ1v) is 11.7. The fraction of sp³-hybridized carbons (Fsp3) is 0.269. The topological polar surface area (TPSA) is 98.6 Å². The van der Waals surface area contributed by atoms with Crippen LogP contribution in [0.15, 0.2) is 66.8 Å². The molecule has 2 aromatic carbocycles. The molecule has 1 atom stereocenters. The van der Waals surface area contributed by atoms with Crippen molar-refractivity contribution in [2.75, 3.05) is 20.3 Å². The number of Topliss-reactive ketones (excluding diaryl/α,β-unsaturated/α-hetero) is 1. The Morgan fingerprint density at radius 3 is 2.60 bits per heavy atom. The Kier molecular flexibility index (Phi) is 7.41. The number of rotatable bonds is 9. The molecule has 3 aromatic rings. The smallest absolute Gasteiger partial charge is 0.295 e. The Balaban J connectivity index is 1.73. The first-order valence-electron chi connectivity index (χ1n) is 11.3. The highest BCUT2D eigenvalue weighted by Crippen LogP contribution is 2.40. The minimum Gasteiger partial charge on any atom is -0.872 e. The van der Waals surface area contributed by atoms with Gasteiger partial charge in [-0.1, -0.05) is 35.6 Å². The van der Waals surface area contributed by atoms with Crippen LogP contribution in [-0.2, 0) is 16.1 Å². The van der Waals surface area contributed by atoms with Crippen LogP contribution in [0.4, 0.5) is 0 Å². The molecule has 2 heterocycles. The van der Waals surface area contributed by atoms with Crippen LogP contribution in [0, 0.1) is 0 Å². The molecule has 0 bridgehead atoms. The fourth-order valence-electron chi connectivity index (χ4n) is 4.19. The highest BCUT2D eigenvalue weighted by molar-refractivity contribution is 6.46. The van der Waals surface area contributed by atoms with E-state index in [4.69, 9.17) is 21.1 Å². The highest BCUT2D eigenvalue weighted by atomic mass is 35.5. The van der Waals surface area contributed by atoms with Gasteiger partial charge >= 0.3 is 0 Å². The molecule has 0 spiro atoms. The summed E-state index contributed by atoms with van der Waals surface area (Å²) in [6.45, 7) is 3.21. The number of ether oxygens (including phenoxy) is 2. The SMILES string of the molecule is CCOc1ccc(C([O-])=C2C(=O)C(=O)N(CCC[n+]3cc[nH]c3)C2c2ccc(OC)cc2)cc1Cl. The average molecular weight is 496 g/mol. The molecule has 1 N–H and O–H groups in total. The highest BCUT2D eigenvalue weighted by Gasteiger charge is 2.44. The molecule has 1 aliphatic rings. The largest absolute Gasteiger partial charge is 0.872 e. The van der Waals surface area contributed by atoms with Gasteiger partial charge in [0.1, 0.15) is 23.9 Å². The summed E-state index contributed by atoms with van der Waals surface area (Å²) in [5.74, 6) is -0.942. The maximum atomic E-state index is 13.6. The number of hydrogen-bond donors (Lipinski definition) is 1. The lowest BCUT2D eigenvalue weighted by Gasteiger charge is -2.27. The predicted molar refractivity (Wildman–Crippen MR) is 128 cm³/mol. The Morgan fingerprint density at radius 2 is 1.97 bits per heavy atom. The van der Waals surface area contributed by atoms with E-state index >= 15 is 0 Å². The third-order valence-corrected chi connectivity index (χ3v) is 6.17. The van der Waals surface area contributed by atoms with Gasteiger partial charge < -0.3 is 19.5 Å². The molecule has 4 rings (SSSR count). The summed E-state index contributed by atoms with van der Waals surface area (Å²) in [6.07, 6.45) is 6.10. The molecule has 1 amide bonds. The van der Waals surface area contributed by atoms with Gasteiger partial charge in [-0.05, 0) is 42.3 Å². The number of benzene rings is 2. The van der Waals surface area contributed by atoms with E-state index in [0.29, 0.717) is 43.2 Å². The van der Waals surface area contributed by atoms with E-state index in [-0.39, 0.29) is 16.2 Å². The van der Waals surface area contributed by atoms with Gasteiger partial charge in [0.15, 0.2) is 0 Å². The quantitative estimate of drug-likeness (QED) is 0.213. The van der Waals surface area contributed by atoms with Gasteiger partial charge in [0, 0.05) is 18.5 Å². The number of aromatic amines is 1. The molecule has 8 nitrogen and oxygen atoms in total. The van der Waals surface area contributed by atoms with Crippen LogP contribution in [0.3, 0.4) is 0 Å². The van der Waals surface area contributed by atoms with Crippen molar-refractivity contribution in [1.82, 2.24) is 9.88 Å². The van der Waals surface area contributed by atoms with Crippen LogP contribution < -0.4 is 19.1 Å². The van der Waals surface area contributed by atoms with Crippen LogP contribution in [0.25, 0.3) is 5.76 Å². The first-order chi connectivity index (χ1) is 16.9. The van der Waals surface area contributed by atoms with E-state index in [1.165, 1.54) is 11.0 Å². The number of amides is 1. The molecule has 0 saturated carbocycles. The van der Waals surface area contributed by atoms with Crippen molar-refractivity contribution in [3.63, 3.8) is 0 Å². The average Bonchev–Trinajstić information content (AvgIpc) is 3.47. The molecule has 1 fully saturated rings. The van der Waals surface area contributed by atoms with Crippen molar-refractivity contribution < 1.29 is 28.7 Å². The van der Waals surface area contributed by atoms with Crippen molar-refractivity contribution >= 4 is 29.1 Å². The van der Waals surface area contributed by atoms with E-state index in [9.17, 15) is 14.7 Å². The molecular formula is C26H26ClN3O5. The molecule has 1 aromatic heterocycles. The summed E-state index contributed by atoms with van der Waals surface area (Å²) >= 11 is 6.29. The van der Waals surface area contributed by atoms with Crippen molar-refractivity contribution in [1.29, 1.82) is 0 Å². The molecule has 0 aliphatic carbocycles. The van der Waals surface area contributed by atoms with Crippen LogP contribution >= 0.6 is 11.6 Å². The number of ketones is 1. The summed E-state index contributed by atoms with van der Waals surface area (Å²) in [4.78, 5) is 30.7. The fourth-order valence-corrected chi connectivity index (χ4v) is 4.42. The lowest BCUT2D eigenvalue weighted by atomic mass is 9.95. The number of H-pyrrole nitrogens is 1. The van der Waals surface area contributed by atoms with E-state index in [1.807, 2.05) is 24.0 Å². The predicted octanol–water partition coefficient (Wildman–Crippen LogP) is 2.68. The number of halogens is 1. The summed E-state index contributed by atoms with van der Waals surface area (Å²) < 4.78 is 12.6. The molecular weight excluding hydrogens is 470 g/mol. The van der Waals surface area contributed by atoms with E-state index in [2.05, 4.69) is 4.98 Å². The summed E-state index contributed by atoms with van der Waals surface area (Å²) in [5.41, 5.74) is 0.784. The van der Waals surface area contributed by atoms with Gasteiger partial charge in [0.25, 0.3) is 5.91 Å². The maximum Gasteiger partial charge on any atom is 0.295 e. The third kappa shape index (κ3) is 5.02. The normalized spacial score (nSPS) is 17.1. The molecule has 1 saturated heterocycles. The number of nitrogens with zero attached hydrogens (tertiary/aromatic N) is 2. The maximum absolute atomic E-state index is 13.6. The lowest BCUT2D eigenvalue weighted by molar-refractivity contribution is -0.695. The zero-order valence-electron chi connectivity index (χ0n) is 19.5. The monoisotopic (exact) mass is 495 g/mol. The van der Waals surface area contributed by atoms with E-state index < -0.39 is 23.5 Å². The van der Waals surface area contributed by atoms with Gasteiger partial charge in [-0.25, -0.2) is 4.57 Å². The van der Waals surface area contributed by atoms with Gasteiger partial charge in [-0.15, -0.1) is 0 Å². The van der Waals surface area contributed by atoms with Crippen molar-refractivity contribution in [3.05, 3.63) is 82.9 Å². The van der Waals surface area contributed by atoms with E-state index in [1.54, 1.807) is 49.7 Å². The Hall–Kier alpha value is -3.78. The van der Waals surface area contributed by atoms with Crippen LogP contribution in [0.1, 0.15) is 30.5 Å². The summed E-state index contributed by atoms with van der Waals surface area (Å²) in [6, 6.07) is 10.8. The lowest BCUT2D eigenvalue weighted by Crippen LogP contribution is -2.36. The molecule has 0 radical (unpaired) electrons. The van der Waals surface area contributed by atoms with Crippen LogP contribution in [-0.4, -0.2) is 41.8 Å². The van der Waals surface area contributed by atoms with Crippen molar-refractivity contribution in [3.8, 4) is 11.5 Å². The number of imidazole rings is 1. The number of methoxy groups -OCH3 is 1. The molecule has 9 heteroatoms. The molecule has 1 aliphatic heterocycles. The second-order valence-corrected chi connectivity index (χ2v) is 8.43. The number of nitrogens with one attached hydrogen (secondary N) is 1. The number of carbonyl (C=O) groups excluding carboxylic acids is 2. The van der Waals surface area contributed by atoms with Crippen LogP contribution in [0.2, 0.25) is 5.02 Å². The Morgan fingerprint density at radius 1 is 1.20 bits per heavy atom. The number of aromatic nitrogens is 2. The number of likely N-dealkylation sites (tertiary alicyclic amines) is 1. The zero-order chi connectivity index (χ0) is 24.9. The van der Waals surface area contributed by atoms with Crippen LogP contribution in [0.5, 0.6) is 11.5 Å². The van der Waals surface area contributed by atoms with Gasteiger partial charge in [0.05, 0.1) is 31.3 Å². The third-order valence-electron chi connectivity index (χ3n) is 5.87. The Labute approximate surface area is 208 Å². The summed E-state index contributed by atoms with van der Waals surface area (Å²) in [5, 5.41) is 13.8. The number of aryl methyl sites for hydroxylation is 1. The second-order valence-electron chi connectivity index (χ2n) is 8.03. The van der Waals surface area contributed by atoms with Gasteiger partial charge in [-0.3, -0.25) is 14.6 Å².